The summed E-state index contributed by atoms with van der Waals surface area (Å²) < 4.78 is 5.14. The maximum atomic E-state index is 11.8. The van der Waals surface area contributed by atoms with Crippen LogP contribution in [0.15, 0.2) is 48.5 Å². The molecule has 0 atom stereocenters. The molecule has 2 rings (SSSR count). The van der Waals surface area contributed by atoms with Crippen molar-refractivity contribution in [2.75, 3.05) is 10.6 Å². The molecule has 0 radical (unpaired) electrons. The van der Waals surface area contributed by atoms with Crippen LogP contribution in [0.5, 0.6) is 5.75 Å². The summed E-state index contributed by atoms with van der Waals surface area (Å²) in [5.74, 6) is 0.298. The lowest BCUT2D eigenvalue weighted by Gasteiger charge is -2.08. The molecule has 0 unspecified atom stereocenters. The fourth-order valence-corrected chi connectivity index (χ4v) is 1.75. The number of nitrogens with one attached hydrogen (secondary N) is 2. The number of hydrogen-bond donors (Lipinski definition) is 3. The summed E-state index contributed by atoms with van der Waals surface area (Å²) in [5.41, 5.74) is 7.14. The molecule has 0 fully saturated rings. The first-order valence-electron chi connectivity index (χ1n) is 6.25. The lowest BCUT2D eigenvalue weighted by Crippen LogP contribution is -2.19. The van der Waals surface area contributed by atoms with E-state index in [-0.39, 0.29) is 0 Å². The van der Waals surface area contributed by atoms with Gasteiger partial charge in [-0.05, 0) is 36.8 Å². The first kappa shape index (κ1) is 14.4. The average molecular weight is 285 g/mol. The second-order valence-corrected chi connectivity index (χ2v) is 4.40. The van der Waals surface area contributed by atoms with Crippen LogP contribution in [0.3, 0.4) is 0 Å². The number of carbonyl (C=O) groups is 2. The molecule has 0 saturated carbocycles. The van der Waals surface area contributed by atoms with Crippen LogP contribution in [0, 0.1) is 6.92 Å². The topological polar surface area (TPSA) is 93.4 Å². The lowest BCUT2D eigenvalue weighted by atomic mass is 10.2. The SMILES string of the molecule is Cc1cccc(NC(=O)Oc2cccc(NC(N)=O)c2)c1. The van der Waals surface area contributed by atoms with Gasteiger partial charge in [0.25, 0.3) is 0 Å². The molecule has 0 heterocycles. The zero-order valence-electron chi connectivity index (χ0n) is 11.4. The van der Waals surface area contributed by atoms with Crippen molar-refractivity contribution in [2.45, 2.75) is 6.92 Å². The Morgan fingerprint density at radius 1 is 1.00 bits per heavy atom. The van der Waals surface area contributed by atoms with Gasteiger partial charge < -0.3 is 15.8 Å². The smallest absolute Gasteiger partial charge is 0.410 e. The van der Waals surface area contributed by atoms with E-state index in [9.17, 15) is 9.59 Å². The Balaban J connectivity index is 2.01. The van der Waals surface area contributed by atoms with E-state index < -0.39 is 12.1 Å². The van der Waals surface area contributed by atoms with Gasteiger partial charge in [-0.1, -0.05) is 18.2 Å². The van der Waals surface area contributed by atoms with Crippen molar-refractivity contribution in [3.63, 3.8) is 0 Å². The molecule has 0 aliphatic carbocycles. The van der Waals surface area contributed by atoms with E-state index in [1.807, 2.05) is 25.1 Å². The van der Waals surface area contributed by atoms with Crippen LogP contribution in [0.2, 0.25) is 0 Å². The van der Waals surface area contributed by atoms with Crippen LogP contribution in [0.1, 0.15) is 5.56 Å². The standard InChI is InChI=1S/C15H15N3O3/c1-10-4-2-5-11(8-10)18-15(20)21-13-7-3-6-12(9-13)17-14(16)19/h2-9H,1H3,(H,18,20)(H3,16,17,19). The third-order valence-electron chi connectivity index (χ3n) is 2.58. The number of anilines is 2. The predicted molar refractivity (Wildman–Crippen MR) is 80.5 cm³/mol. The number of carbonyl (C=O) groups excluding carboxylic acids is 2. The molecule has 21 heavy (non-hydrogen) atoms. The number of primary amides is 1. The number of benzene rings is 2. The summed E-state index contributed by atoms with van der Waals surface area (Å²) in [6.07, 6.45) is -0.614. The van der Waals surface area contributed by atoms with Crippen molar-refractivity contribution in [3.05, 3.63) is 54.1 Å². The van der Waals surface area contributed by atoms with Crippen molar-refractivity contribution in [2.24, 2.45) is 5.73 Å². The molecule has 0 aliphatic rings. The minimum Gasteiger partial charge on any atom is -0.410 e. The van der Waals surface area contributed by atoms with Gasteiger partial charge in [0, 0.05) is 17.4 Å². The molecule has 6 nitrogen and oxygen atoms in total. The summed E-state index contributed by atoms with van der Waals surface area (Å²) in [7, 11) is 0. The van der Waals surface area contributed by atoms with Crippen molar-refractivity contribution < 1.29 is 14.3 Å². The van der Waals surface area contributed by atoms with Gasteiger partial charge in [0.2, 0.25) is 0 Å². The van der Waals surface area contributed by atoms with Gasteiger partial charge in [-0.3, -0.25) is 5.32 Å². The summed E-state index contributed by atoms with van der Waals surface area (Å²) in [4.78, 5) is 22.5. The number of nitrogens with two attached hydrogens (primary N) is 1. The van der Waals surface area contributed by atoms with E-state index >= 15 is 0 Å². The first-order valence-corrected chi connectivity index (χ1v) is 6.25. The largest absolute Gasteiger partial charge is 0.417 e. The maximum Gasteiger partial charge on any atom is 0.417 e. The maximum absolute atomic E-state index is 11.8. The van der Waals surface area contributed by atoms with E-state index in [2.05, 4.69) is 10.6 Å². The monoisotopic (exact) mass is 285 g/mol. The molecule has 0 bridgehead atoms. The number of aryl methyl sites for hydroxylation is 1. The van der Waals surface area contributed by atoms with E-state index in [0.717, 1.165) is 5.56 Å². The molecule has 0 aromatic heterocycles. The molecule has 0 aliphatic heterocycles. The van der Waals surface area contributed by atoms with Gasteiger partial charge in [-0.15, -0.1) is 0 Å². The number of urea groups is 1. The minimum atomic E-state index is -0.684. The Bertz CT molecular complexity index is 671. The molecule has 0 saturated heterocycles. The van der Waals surface area contributed by atoms with Crippen LogP contribution in [-0.2, 0) is 0 Å². The molecule has 3 amide bonds. The lowest BCUT2D eigenvalue weighted by molar-refractivity contribution is 0.215. The van der Waals surface area contributed by atoms with Gasteiger partial charge in [-0.25, -0.2) is 9.59 Å². The molecule has 6 heteroatoms. The van der Waals surface area contributed by atoms with Gasteiger partial charge in [-0.2, -0.15) is 0 Å². The Morgan fingerprint density at radius 3 is 2.33 bits per heavy atom. The van der Waals surface area contributed by atoms with Crippen LogP contribution >= 0.6 is 0 Å². The van der Waals surface area contributed by atoms with Gasteiger partial charge in [0.1, 0.15) is 5.75 Å². The van der Waals surface area contributed by atoms with Crippen LogP contribution in [-0.4, -0.2) is 12.1 Å². The number of ether oxygens (including phenoxy) is 1. The third-order valence-corrected chi connectivity index (χ3v) is 2.58. The highest BCUT2D eigenvalue weighted by molar-refractivity contribution is 5.89. The zero-order valence-corrected chi connectivity index (χ0v) is 11.4. The first-order chi connectivity index (χ1) is 10.0. The second kappa shape index (κ2) is 6.42. The van der Waals surface area contributed by atoms with E-state index in [1.54, 1.807) is 24.3 Å². The highest BCUT2D eigenvalue weighted by atomic mass is 16.6. The van der Waals surface area contributed by atoms with Crippen molar-refractivity contribution >= 4 is 23.5 Å². The second-order valence-electron chi connectivity index (χ2n) is 4.40. The van der Waals surface area contributed by atoms with Crippen LogP contribution < -0.4 is 21.1 Å². The highest BCUT2D eigenvalue weighted by Gasteiger charge is 2.06. The van der Waals surface area contributed by atoms with E-state index in [0.29, 0.717) is 17.1 Å². The summed E-state index contributed by atoms with van der Waals surface area (Å²) in [6, 6.07) is 13.0. The normalized spacial score (nSPS) is 9.76. The molecular formula is C15H15N3O3. The molecule has 0 spiro atoms. The number of amides is 3. The number of hydrogen-bond acceptors (Lipinski definition) is 3. The predicted octanol–water partition coefficient (Wildman–Crippen LogP) is 3.10. The van der Waals surface area contributed by atoms with Crippen LogP contribution in [0.25, 0.3) is 0 Å². The average Bonchev–Trinajstić information content (AvgIpc) is 2.37. The molecule has 2 aromatic carbocycles. The molecular weight excluding hydrogens is 270 g/mol. The van der Waals surface area contributed by atoms with E-state index in [4.69, 9.17) is 10.5 Å². The zero-order chi connectivity index (χ0) is 15.2. The van der Waals surface area contributed by atoms with Crippen molar-refractivity contribution in [1.29, 1.82) is 0 Å². The van der Waals surface area contributed by atoms with E-state index in [1.165, 1.54) is 6.07 Å². The van der Waals surface area contributed by atoms with Crippen molar-refractivity contribution in [1.82, 2.24) is 0 Å². The fraction of sp³-hybridized carbons (Fsp3) is 0.0667. The minimum absolute atomic E-state index is 0.298. The van der Waals surface area contributed by atoms with Crippen LogP contribution in [0.4, 0.5) is 21.0 Å². The third kappa shape index (κ3) is 4.54. The Labute approximate surface area is 121 Å². The van der Waals surface area contributed by atoms with Gasteiger partial charge in [0.05, 0.1) is 0 Å². The van der Waals surface area contributed by atoms with Gasteiger partial charge >= 0.3 is 12.1 Å². The van der Waals surface area contributed by atoms with Gasteiger partial charge in [0.15, 0.2) is 0 Å². The Kier molecular flexibility index (Phi) is 4.40. The summed E-state index contributed by atoms with van der Waals surface area (Å²) in [6.45, 7) is 1.93. The Hall–Kier alpha value is -3.02. The molecule has 2 aromatic rings. The number of rotatable bonds is 3. The molecule has 108 valence electrons. The highest BCUT2D eigenvalue weighted by Crippen LogP contribution is 2.18. The summed E-state index contributed by atoms with van der Waals surface area (Å²) >= 11 is 0. The van der Waals surface area contributed by atoms with Crippen molar-refractivity contribution in [3.8, 4) is 5.75 Å². The quantitative estimate of drug-likeness (QED) is 0.808. The summed E-state index contributed by atoms with van der Waals surface area (Å²) in [5, 5.41) is 5.02. The Morgan fingerprint density at radius 2 is 1.67 bits per heavy atom. The fourth-order valence-electron chi connectivity index (χ4n) is 1.75. The molecule has 4 N–H and O–H groups in total.